The van der Waals surface area contributed by atoms with E-state index < -0.39 is 42.3 Å². The second-order valence-corrected chi connectivity index (χ2v) is 16.3. The van der Waals surface area contributed by atoms with Crippen LogP contribution in [0.2, 0.25) is 0 Å². The largest absolute Gasteiger partial charge is 0.504 e. The summed E-state index contributed by atoms with van der Waals surface area (Å²) in [4.78, 5) is 43.7. The SMILES string of the molecule is COc1c(C)cc2c(c1O)[C@@H]1C3Cc4c(OC(C)=O)c(C)c5c(c4[C@H](CNC(=O)[C@H](C)NC[C@@H](NC(=O)OCc4ccccc4)C(C)C)N3[C@@H](C#N)[C@H](C2)N1C)OCO5. The Morgan fingerprint density at radius 1 is 1.03 bits per heavy atom. The number of nitrogens with zero attached hydrogens (tertiary/aromatic N) is 3. The zero-order valence-corrected chi connectivity index (χ0v) is 34.9. The molecule has 0 radical (unpaired) electrons. The van der Waals surface area contributed by atoms with Crippen LogP contribution in [-0.4, -0.2) is 97.1 Å². The van der Waals surface area contributed by atoms with Crippen LogP contribution in [0.15, 0.2) is 36.4 Å². The van der Waals surface area contributed by atoms with Crippen LogP contribution in [0.3, 0.4) is 0 Å². The first-order chi connectivity index (χ1) is 28.2. The minimum Gasteiger partial charge on any atom is -0.504 e. The number of piperazine rings is 1. The number of carbonyl (C=O) groups excluding carboxylic acids is 3. The van der Waals surface area contributed by atoms with Crippen molar-refractivity contribution in [2.75, 3.05) is 34.0 Å². The van der Waals surface area contributed by atoms with Crippen LogP contribution in [0.5, 0.6) is 28.7 Å². The lowest BCUT2D eigenvalue weighted by atomic mass is 9.71. The average molecular weight is 811 g/mol. The number of hydrogen-bond acceptors (Lipinski definition) is 13. The Labute approximate surface area is 344 Å². The van der Waals surface area contributed by atoms with E-state index in [-0.39, 0.29) is 49.6 Å². The minimum absolute atomic E-state index is 0.0324. The number of phenolic OH excluding ortho intramolecular Hbond substituents is 1. The van der Waals surface area contributed by atoms with Gasteiger partial charge in [-0.05, 0) is 63.3 Å². The van der Waals surface area contributed by atoms with E-state index in [1.54, 1.807) is 6.92 Å². The fraction of sp³-hybridized carbons (Fsp3) is 0.500. The Morgan fingerprint density at radius 3 is 2.44 bits per heavy atom. The highest BCUT2D eigenvalue weighted by Crippen LogP contribution is 2.58. The van der Waals surface area contributed by atoms with Crippen molar-refractivity contribution >= 4 is 18.0 Å². The molecule has 314 valence electrons. The first kappa shape index (κ1) is 41.6. The molecule has 1 fully saturated rings. The van der Waals surface area contributed by atoms with Crippen molar-refractivity contribution < 1.29 is 43.2 Å². The molecule has 7 rings (SSSR count). The van der Waals surface area contributed by atoms with E-state index in [1.165, 1.54) is 14.0 Å². The number of hydrogen-bond donors (Lipinski definition) is 4. The van der Waals surface area contributed by atoms with Crippen LogP contribution in [0.25, 0.3) is 0 Å². The van der Waals surface area contributed by atoms with Crippen molar-refractivity contribution in [3.63, 3.8) is 0 Å². The van der Waals surface area contributed by atoms with Crippen LogP contribution in [0, 0.1) is 31.1 Å². The maximum atomic E-state index is 14.0. The van der Waals surface area contributed by atoms with Crippen molar-refractivity contribution in [3.8, 4) is 34.8 Å². The zero-order valence-electron chi connectivity index (χ0n) is 34.9. The summed E-state index contributed by atoms with van der Waals surface area (Å²) in [5.74, 6) is 0.983. The quantitative estimate of drug-likeness (QED) is 0.149. The number of likely N-dealkylation sites (N-methyl/N-ethyl adjacent to an activating group) is 1. The van der Waals surface area contributed by atoms with E-state index in [1.807, 2.05) is 71.1 Å². The molecule has 2 amide bonds. The summed E-state index contributed by atoms with van der Waals surface area (Å²) >= 11 is 0. The first-order valence-corrected chi connectivity index (χ1v) is 20.1. The summed E-state index contributed by atoms with van der Waals surface area (Å²) in [6.45, 7) is 11.2. The van der Waals surface area contributed by atoms with E-state index in [0.717, 1.165) is 22.3 Å². The summed E-state index contributed by atoms with van der Waals surface area (Å²) < 4.78 is 29.2. The van der Waals surface area contributed by atoms with Gasteiger partial charge < -0.3 is 44.7 Å². The van der Waals surface area contributed by atoms with Crippen molar-refractivity contribution in [1.29, 1.82) is 5.26 Å². The number of benzene rings is 3. The lowest BCUT2D eigenvalue weighted by Crippen LogP contribution is -2.69. The summed E-state index contributed by atoms with van der Waals surface area (Å²) in [5.41, 5.74) is 5.36. The number of ether oxygens (including phenoxy) is 5. The normalized spacial score (nSPS) is 22.5. The highest BCUT2D eigenvalue weighted by molar-refractivity contribution is 5.81. The Morgan fingerprint density at radius 2 is 1.76 bits per heavy atom. The highest BCUT2D eigenvalue weighted by Gasteiger charge is 2.57. The van der Waals surface area contributed by atoms with Crippen LogP contribution in [0.4, 0.5) is 4.79 Å². The molecule has 1 unspecified atom stereocenters. The van der Waals surface area contributed by atoms with E-state index in [9.17, 15) is 24.8 Å². The molecule has 15 heteroatoms. The maximum absolute atomic E-state index is 14.0. The number of aromatic hydroxyl groups is 1. The molecule has 0 aromatic heterocycles. The molecule has 4 aliphatic heterocycles. The second kappa shape index (κ2) is 17.0. The summed E-state index contributed by atoms with van der Waals surface area (Å²) in [7, 11) is 3.51. The lowest BCUT2D eigenvalue weighted by molar-refractivity contribution is -0.132. The van der Waals surface area contributed by atoms with E-state index in [2.05, 4.69) is 31.8 Å². The second-order valence-electron chi connectivity index (χ2n) is 16.3. The van der Waals surface area contributed by atoms with Gasteiger partial charge in [-0.3, -0.25) is 19.4 Å². The number of carbonyl (C=O) groups is 3. The molecule has 0 aliphatic carbocycles. The van der Waals surface area contributed by atoms with Gasteiger partial charge in [0.25, 0.3) is 0 Å². The molecule has 4 N–H and O–H groups in total. The molecule has 1 saturated heterocycles. The van der Waals surface area contributed by atoms with Gasteiger partial charge in [-0.25, -0.2) is 4.79 Å². The molecule has 4 aliphatic rings. The van der Waals surface area contributed by atoms with Gasteiger partial charge in [-0.15, -0.1) is 0 Å². The van der Waals surface area contributed by atoms with Gasteiger partial charge in [0.15, 0.2) is 23.0 Å². The Bertz CT molecular complexity index is 2160. The Kier molecular flexibility index (Phi) is 12.0. The predicted octanol–water partition coefficient (Wildman–Crippen LogP) is 4.49. The van der Waals surface area contributed by atoms with Gasteiger partial charge in [0, 0.05) is 60.4 Å². The van der Waals surface area contributed by atoms with Crippen molar-refractivity contribution in [2.45, 2.75) is 103 Å². The predicted molar refractivity (Wildman–Crippen MR) is 216 cm³/mol. The lowest BCUT2D eigenvalue weighted by Gasteiger charge is -2.60. The average Bonchev–Trinajstić information content (AvgIpc) is 3.70. The standard InChI is InChI=1S/C44H54N6O9/c1-22(2)30(48-44(54)56-20-27-12-10-9-11-13-27)18-46-25(5)43(53)47-19-34-36-29(40(59-26(6)51)24(4)41-42(36)58-21-57-41)16-32-37-35-28(14-23(3)39(55-8)38(35)52)15-31(49(37)7)33(17-45)50(32)34/h9-14,22,25,30-34,37,46,52H,15-16,18-21H2,1-8H3,(H,47,53)(H,48,54)/t25-,30+,31-,32?,33-,34-,37-/m0/s1. The number of alkyl carbamates (subject to hydrolysis) is 1. The maximum Gasteiger partial charge on any atom is 0.407 e. The van der Waals surface area contributed by atoms with E-state index >= 15 is 0 Å². The number of amides is 2. The number of nitrogens with one attached hydrogen (secondary N) is 3. The van der Waals surface area contributed by atoms with Crippen LogP contribution < -0.4 is 34.9 Å². The molecule has 4 heterocycles. The number of fused-ring (bicyclic) bond motifs is 9. The first-order valence-electron chi connectivity index (χ1n) is 20.1. The van der Waals surface area contributed by atoms with Gasteiger partial charge in [0.05, 0.1) is 31.3 Å². The molecule has 3 aromatic carbocycles. The van der Waals surface area contributed by atoms with Gasteiger partial charge >= 0.3 is 12.1 Å². The van der Waals surface area contributed by atoms with Crippen molar-refractivity contribution in [3.05, 3.63) is 75.3 Å². The third-order valence-electron chi connectivity index (χ3n) is 12.3. The van der Waals surface area contributed by atoms with Crippen LogP contribution >= 0.6 is 0 Å². The molecular formula is C44H54N6O9. The number of phenols is 1. The molecule has 0 saturated carbocycles. The topological polar surface area (TPSA) is 184 Å². The van der Waals surface area contributed by atoms with E-state index in [4.69, 9.17) is 23.7 Å². The molecular weight excluding hydrogens is 757 g/mol. The molecule has 15 nitrogen and oxygen atoms in total. The number of nitriles is 1. The highest BCUT2D eigenvalue weighted by atomic mass is 16.7. The molecule has 0 spiro atoms. The number of aryl methyl sites for hydroxylation is 1. The van der Waals surface area contributed by atoms with Gasteiger partial charge in [-0.1, -0.05) is 50.2 Å². The minimum atomic E-state index is -0.671. The summed E-state index contributed by atoms with van der Waals surface area (Å²) in [6.07, 6.45) is 0.293. The summed E-state index contributed by atoms with van der Waals surface area (Å²) in [6, 6.07) is 10.7. The molecule has 3 aromatic rings. The molecule has 7 atom stereocenters. The van der Waals surface area contributed by atoms with Gasteiger partial charge in [-0.2, -0.15) is 5.26 Å². The van der Waals surface area contributed by atoms with E-state index in [0.29, 0.717) is 59.1 Å². The number of methoxy groups -OCH3 is 1. The summed E-state index contributed by atoms with van der Waals surface area (Å²) in [5, 5.41) is 32.2. The monoisotopic (exact) mass is 810 g/mol. The molecule has 2 bridgehead atoms. The van der Waals surface area contributed by atoms with Gasteiger partial charge in [0.2, 0.25) is 12.7 Å². The third-order valence-corrected chi connectivity index (χ3v) is 12.3. The molecule has 59 heavy (non-hydrogen) atoms. The number of esters is 1. The van der Waals surface area contributed by atoms with Crippen molar-refractivity contribution in [2.24, 2.45) is 5.92 Å². The third kappa shape index (κ3) is 7.72. The van der Waals surface area contributed by atoms with Crippen LogP contribution in [-0.2, 0) is 33.8 Å². The van der Waals surface area contributed by atoms with Crippen LogP contribution in [0.1, 0.15) is 78.7 Å². The Hall–Kier alpha value is -5.56. The number of rotatable bonds is 12. The van der Waals surface area contributed by atoms with Gasteiger partial charge in [0.1, 0.15) is 18.4 Å². The van der Waals surface area contributed by atoms with Crippen molar-refractivity contribution in [1.82, 2.24) is 25.8 Å². The smallest absolute Gasteiger partial charge is 0.407 e. The fourth-order valence-electron chi connectivity index (χ4n) is 9.43. The fourth-order valence-corrected chi connectivity index (χ4v) is 9.43. The zero-order chi connectivity index (χ0) is 42.3. The Balaban J connectivity index is 1.19.